The molecule has 0 radical (unpaired) electrons. The molecule has 1 aromatic carbocycles. The van der Waals surface area contributed by atoms with E-state index < -0.39 is 17.5 Å². The molecule has 8 nitrogen and oxygen atoms in total. The van der Waals surface area contributed by atoms with Crippen molar-refractivity contribution in [2.24, 2.45) is 5.92 Å². The van der Waals surface area contributed by atoms with Crippen LogP contribution in [0.15, 0.2) is 18.2 Å². The van der Waals surface area contributed by atoms with Crippen molar-refractivity contribution in [1.29, 1.82) is 0 Å². The maximum Gasteiger partial charge on any atom is 0.341 e. The van der Waals surface area contributed by atoms with Crippen LogP contribution in [0.1, 0.15) is 43.0 Å². The molecule has 0 bridgehead atoms. The second-order valence-corrected chi connectivity index (χ2v) is 6.04. The molecular weight excluding hydrogens is 314 g/mol. The van der Waals surface area contributed by atoms with E-state index in [2.05, 4.69) is 12.2 Å². The van der Waals surface area contributed by atoms with E-state index in [1.165, 1.54) is 12.1 Å². The molecule has 0 heterocycles. The number of hydrogen-bond acceptors (Lipinski definition) is 6. The smallest absolute Gasteiger partial charge is 0.341 e. The van der Waals surface area contributed by atoms with E-state index in [0.29, 0.717) is 5.92 Å². The lowest BCUT2D eigenvalue weighted by Crippen LogP contribution is -2.42. The van der Waals surface area contributed by atoms with E-state index >= 15 is 0 Å². The first-order valence-corrected chi connectivity index (χ1v) is 7.89. The summed E-state index contributed by atoms with van der Waals surface area (Å²) in [5.41, 5.74) is 5.31. The zero-order valence-corrected chi connectivity index (χ0v) is 13.5. The number of nitro benzene ring substituents is 1. The molecule has 0 aromatic heterocycles. The molecule has 2 rings (SSSR count). The monoisotopic (exact) mass is 335 g/mol. The van der Waals surface area contributed by atoms with E-state index in [4.69, 9.17) is 10.5 Å². The molecule has 0 spiro atoms. The van der Waals surface area contributed by atoms with Crippen molar-refractivity contribution in [1.82, 2.24) is 5.32 Å². The van der Waals surface area contributed by atoms with Crippen LogP contribution < -0.4 is 11.1 Å². The van der Waals surface area contributed by atoms with Crippen molar-refractivity contribution in [3.05, 3.63) is 33.9 Å². The lowest BCUT2D eigenvalue weighted by molar-refractivity contribution is -0.384. The fraction of sp³-hybridized carbons (Fsp3) is 0.500. The molecule has 1 saturated carbocycles. The summed E-state index contributed by atoms with van der Waals surface area (Å²) in [7, 11) is 0. The highest BCUT2D eigenvalue weighted by molar-refractivity contribution is 5.97. The number of anilines is 1. The van der Waals surface area contributed by atoms with Crippen LogP contribution in [0.4, 0.5) is 11.4 Å². The number of amides is 1. The number of nitrogen functional groups attached to an aromatic ring is 1. The molecule has 24 heavy (non-hydrogen) atoms. The van der Waals surface area contributed by atoms with Gasteiger partial charge < -0.3 is 15.8 Å². The molecule has 1 amide bonds. The number of nitrogens with two attached hydrogens (primary N) is 1. The molecule has 0 aliphatic heterocycles. The molecule has 1 aliphatic rings. The second-order valence-electron chi connectivity index (χ2n) is 6.04. The van der Waals surface area contributed by atoms with Crippen molar-refractivity contribution in [3.63, 3.8) is 0 Å². The van der Waals surface area contributed by atoms with Crippen molar-refractivity contribution in [2.45, 2.75) is 38.6 Å². The third kappa shape index (κ3) is 4.43. The van der Waals surface area contributed by atoms with E-state index in [-0.39, 0.29) is 28.9 Å². The van der Waals surface area contributed by atoms with Gasteiger partial charge in [0.15, 0.2) is 6.61 Å². The highest BCUT2D eigenvalue weighted by Crippen LogP contribution is 2.24. The predicted octanol–water partition coefficient (Wildman–Crippen LogP) is 2.03. The molecule has 1 aliphatic carbocycles. The first-order valence-electron chi connectivity index (χ1n) is 7.89. The SMILES string of the molecule is C[C@H]1CCCC[C@H]1NC(=O)COC(=O)c1cc([N+](=O)[O-])ccc1N. The van der Waals surface area contributed by atoms with Crippen LogP contribution in [0.3, 0.4) is 0 Å². The zero-order chi connectivity index (χ0) is 17.7. The first kappa shape index (κ1) is 17.7. The fourth-order valence-corrected chi connectivity index (χ4v) is 2.82. The second kappa shape index (κ2) is 7.76. The summed E-state index contributed by atoms with van der Waals surface area (Å²) in [5, 5.41) is 13.6. The maximum absolute atomic E-state index is 12.0. The zero-order valence-electron chi connectivity index (χ0n) is 13.5. The average molecular weight is 335 g/mol. The van der Waals surface area contributed by atoms with Gasteiger partial charge in [-0.1, -0.05) is 19.8 Å². The number of hydrogen-bond donors (Lipinski definition) is 2. The quantitative estimate of drug-likeness (QED) is 0.367. The standard InChI is InChI=1S/C16H21N3O5/c1-10-4-2-3-5-14(10)18-15(20)9-24-16(21)12-8-11(19(22)23)6-7-13(12)17/h6-8,10,14H,2-5,9,17H2,1H3,(H,18,20)/t10-,14+/m0/s1. The van der Waals surface area contributed by atoms with E-state index in [9.17, 15) is 19.7 Å². The van der Waals surface area contributed by atoms with Crippen molar-refractivity contribution < 1.29 is 19.2 Å². The Morgan fingerprint density at radius 2 is 2.08 bits per heavy atom. The van der Waals surface area contributed by atoms with Gasteiger partial charge in [0.25, 0.3) is 11.6 Å². The number of carbonyl (C=O) groups excluding carboxylic acids is 2. The minimum absolute atomic E-state index is 0.0620. The highest BCUT2D eigenvalue weighted by Gasteiger charge is 2.23. The maximum atomic E-state index is 12.0. The van der Waals surface area contributed by atoms with Gasteiger partial charge in [-0.15, -0.1) is 0 Å². The number of nitrogens with one attached hydrogen (secondary N) is 1. The summed E-state index contributed by atoms with van der Waals surface area (Å²) in [6, 6.07) is 3.59. The number of non-ortho nitro benzene ring substituents is 1. The normalized spacial score (nSPS) is 20.2. The summed E-state index contributed by atoms with van der Waals surface area (Å²) in [5.74, 6) is -0.847. The number of ether oxygens (including phenoxy) is 1. The number of nitrogens with zero attached hydrogens (tertiary/aromatic N) is 1. The van der Waals surface area contributed by atoms with Crippen molar-refractivity contribution in [2.75, 3.05) is 12.3 Å². The molecule has 8 heteroatoms. The topological polar surface area (TPSA) is 125 Å². The third-order valence-corrected chi connectivity index (χ3v) is 4.26. The number of carbonyl (C=O) groups is 2. The number of nitro groups is 1. The number of esters is 1. The van der Waals surface area contributed by atoms with Crippen LogP contribution >= 0.6 is 0 Å². The highest BCUT2D eigenvalue weighted by atomic mass is 16.6. The van der Waals surface area contributed by atoms with Crippen molar-refractivity contribution in [3.8, 4) is 0 Å². The largest absolute Gasteiger partial charge is 0.452 e. The Hall–Kier alpha value is -2.64. The molecule has 1 aromatic rings. The fourth-order valence-electron chi connectivity index (χ4n) is 2.82. The third-order valence-electron chi connectivity index (χ3n) is 4.26. The Labute approximate surface area is 139 Å². The molecular formula is C16H21N3O5. The van der Waals surface area contributed by atoms with Gasteiger partial charge in [0.05, 0.1) is 10.5 Å². The Balaban J connectivity index is 1.91. The van der Waals surface area contributed by atoms with Crippen molar-refractivity contribution >= 4 is 23.3 Å². The van der Waals surface area contributed by atoms with Gasteiger partial charge in [-0.05, 0) is 24.8 Å². The molecule has 3 N–H and O–H groups in total. The van der Waals surface area contributed by atoms with Crippen LogP contribution in [0.25, 0.3) is 0 Å². The molecule has 2 atom stereocenters. The summed E-state index contributed by atoms with van der Waals surface area (Å²) in [6.45, 7) is 1.64. The number of benzene rings is 1. The van der Waals surface area contributed by atoms with E-state index in [1.54, 1.807) is 0 Å². The van der Waals surface area contributed by atoms with Gasteiger partial charge >= 0.3 is 5.97 Å². The Morgan fingerprint density at radius 1 is 1.38 bits per heavy atom. The van der Waals surface area contributed by atoms with Gasteiger partial charge in [-0.25, -0.2) is 4.79 Å². The van der Waals surface area contributed by atoms with E-state index in [1.807, 2.05) is 0 Å². The lowest BCUT2D eigenvalue weighted by atomic mass is 9.86. The summed E-state index contributed by atoms with van der Waals surface area (Å²) in [6.07, 6.45) is 4.21. The van der Waals surface area contributed by atoms with Gasteiger partial charge in [-0.2, -0.15) is 0 Å². The summed E-state index contributed by atoms with van der Waals surface area (Å²) >= 11 is 0. The Morgan fingerprint density at radius 3 is 2.75 bits per heavy atom. The minimum Gasteiger partial charge on any atom is -0.452 e. The van der Waals surface area contributed by atoms with Crippen LogP contribution in [-0.2, 0) is 9.53 Å². The molecule has 0 unspecified atom stereocenters. The van der Waals surface area contributed by atoms with Gasteiger partial charge in [0.1, 0.15) is 0 Å². The van der Waals surface area contributed by atoms with Gasteiger partial charge in [0.2, 0.25) is 0 Å². The van der Waals surface area contributed by atoms with Crippen LogP contribution in [-0.4, -0.2) is 29.4 Å². The predicted molar refractivity (Wildman–Crippen MR) is 87.4 cm³/mol. The summed E-state index contributed by atoms with van der Waals surface area (Å²) < 4.78 is 4.93. The molecule has 0 saturated heterocycles. The van der Waals surface area contributed by atoms with Gasteiger partial charge in [0, 0.05) is 23.9 Å². The summed E-state index contributed by atoms with van der Waals surface area (Å²) in [4.78, 5) is 34.0. The van der Waals surface area contributed by atoms with Gasteiger partial charge in [-0.3, -0.25) is 14.9 Å². The number of rotatable bonds is 5. The minimum atomic E-state index is -0.858. The molecule has 130 valence electrons. The average Bonchev–Trinajstić information content (AvgIpc) is 2.55. The lowest BCUT2D eigenvalue weighted by Gasteiger charge is -2.29. The van der Waals surface area contributed by atoms with Crippen LogP contribution in [0.2, 0.25) is 0 Å². The first-order chi connectivity index (χ1) is 11.4. The van der Waals surface area contributed by atoms with Crippen LogP contribution in [0, 0.1) is 16.0 Å². The van der Waals surface area contributed by atoms with E-state index in [0.717, 1.165) is 31.7 Å². The Bertz CT molecular complexity index is 647. The Kier molecular flexibility index (Phi) is 5.73. The van der Waals surface area contributed by atoms with Crippen LogP contribution in [0.5, 0.6) is 0 Å². The molecule has 1 fully saturated rings.